The Balaban J connectivity index is 2.29. The van der Waals surface area contributed by atoms with E-state index in [0.29, 0.717) is 24.5 Å². The minimum absolute atomic E-state index is 0.150. The largest absolute Gasteiger partial charge is 0.508 e. The molecule has 1 aromatic carbocycles. The molecule has 2 rings (SSSR count). The Morgan fingerprint density at radius 1 is 1.26 bits per heavy atom. The van der Waals surface area contributed by atoms with Crippen LogP contribution in [-0.4, -0.2) is 14.7 Å². The molecule has 0 atom stereocenters. The SMILES string of the molecule is CCCn1c(=O)cc(Nc2ccc(O)cc2)[nH]c1=O. The van der Waals surface area contributed by atoms with Gasteiger partial charge in [-0.2, -0.15) is 0 Å². The van der Waals surface area contributed by atoms with Crippen molar-refractivity contribution in [1.82, 2.24) is 9.55 Å². The molecule has 6 heteroatoms. The van der Waals surface area contributed by atoms with Crippen molar-refractivity contribution in [1.29, 1.82) is 0 Å². The highest BCUT2D eigenvalue weighted by molar-refractivity contribution is 5.56. The predicted octanol–water partition coefficient (Wildman–Crippen LogP) is 1.40. The number of aromatic amines is 1. The van der Waals surface area contributed by atoms with Gasteiger partial charge in [0.25, 0.3) is 5.56 Å². The van der Waals surface area contributed by atoms with Gasteiger partial charge in [0.15, 0.2) is 0 Å². The highest BCUT2D eigenvalue weighted by Gasteiger charge is 2.03. The number of nitrogens with zero attached hydrogens (tertiary/aromatic N) is 1. The summed E-state index contributed by atoms with van der Waals surface area (Å²) in [5.74, 6) is 0.477. The van der Waals surface area contributed by atoms with Crippen LogP contribution >= 0.6 is 0 Å². The van der Waals surface area contributed by atoms with Crippen molar-refractivity contribution in [2.75, 3.05) is 5.32 Å². The van der Waals surface area contributed by atoms with Gasteiger partial charge in [-0.1, -0.05) is 6.92 Å². The summed E-state index contributed by atoms with van der Waals surface area (Å²) in [7, 11) is 0. The van der Waals surface area contributed by atoms with Gasteiger partial charge in [0, 0.05) is 18.3 Å². The molecule has 0 saturated carbocycles. The lowest BCUT2D eigenvalue weighted by atomic mass is 10.3. The molecule has 0 aliphatic heterocycles. The zero-order valence-corrected chi connectivity index (χ0v) is 10.5. The first-order chi connectivity index (χ1) is 9.10. The molecule has 0 unspecified atom stereocenters. The van der Waals surface area contributed by atoms with Gasteiger partial charge >= 0.3 is 5.69 Å². The van der Waals surface area contributed by atoms with Crippen LogP contribution in [0.15, 0.2) is 39.9 Å². The van der Waals surface area contributed by atoms with Crippen molar-refractivity contribution in [2.24, 2.45) is 0 Å². The second kappa shape index (κ2) is 5.43. The number of H-pyrrole nitrogens is 1. The van der Waals surface area contributed by atoms with E-state index >= 15 is 0 Å². The maximum Gasteiger partial charge on any atom is 0.329 e. The summed E-state index contributed by atoms with van der Waals surface area (Å²) in [6.07, 6.45) is 0.716. The quantitative estimate of drug-likeness (QED) is 0.726. The number of phenolic OH excluding ortho intramolecular Hbond substituents is 1. The zero-order chi connectivity index (χ0) is 13.8. The summed E-state index contributed by atoms with van der Waals surface area (Å²) in [5.41, 5.74) is -0.108. The third-order valence-corrected chi connectivity index (χ3v) is 2.61. The van der Waals surface area contributed by atoms with Crippen molar-refractivity contribution in [3.63, 3.8) is 0 Å². The summed E-state index contributed by atoms with van der Waals surface area (Å²) < 4.78 is 1.15. The molecule has 0 radical (unpaired) electrons. The number of aromatic hydroxyl groups is 1. The minimum atomic E-state index is -0.435. The van der Waals surface area contributed by atoms with Crippen LogP contribution in [0.2, 0.25) is 0 Å². The van der Waals surface area contributed by atoms with Crippen molar-refractivity contribution < 1.29 is 5.11 Å². The fourth-order valence-electron chi connectivity index (χ4n) is 1.72. The molecular weight excluding hydrogens is 246 g/mol. The molecule has 19 heavy (non-hydrogen) atoms. The van der Waals surface area contributed by atoms with Gasteiger partial charge in [0.1, 0.15) is 11.6 Å². The number of hydrogen-bond acceptors (Lipinski definition) is 4. The third kappa shape index (κ3) is 3.04. The molecule has 1 aromatic heterocycles. The number of aromatic nitrogens is 2. The lowest BCUT2D eigenvalue weighted by Gasteiger charge is -2.08. The molecule has 0 bridgehead atoms. The number of rotatable bonds is 4. The second-order valence-corrected chi connectivity index (χ2v) is 4.15. The number of anilines is 2. The molecule has 0 aliphatic rings. The Kier molecular flexibility index (Phi) is 3.70. The Hall–Kier alpha value is -2.50. The standard InChI is InChI=1S/C13H15N3O3/c1-2-7-16-12(18)8-11(15-13(16)19)14-9-3-5-10(17)6-4-9/h3-6,8,14,17H,2,7H2,1H3,(H,15,19). The van der Waals surface area contributed by atoms with Gasteiger partial charge in [-0.25, -0.2) is 4.79 Å². The van der Waals surface area contributed by atoms with Crippen LogP contribution in [0.5, 0.6) is 5.75 Å². The van der Waals surface area contributed by atoms with Gasteiger partial charge in [0.2, 0.25) is 0 Å². The van der Waals surface area contributed by atoms with Crippen molar-refractivity contribution in [3.8, 4) is 5.75 Å². The first-order valence-corrected chi connectivity index (χ1v) is 6.00. The van der Waals surface area contributed by atoms with Crippen LogP contribution in [0.3, 0.4) is 0 Å². The molecule has 6 nitrogen and oxygen atoms in total. The fraction of sp³-hybridized carbons (Fsp3) is 0.231. The van der Waals surface area contributed by atoms with E-state index in [1.807, 2.05) is 6.92 Å². The summed E-state index contributed by atoms with van der Waals surface area (Å²) in [4.78, 5) is 26.1. The minimum Gasteiger partial charge on any atom is -0.508 e. The van der Waals surface area contributed by atoms with E-state index in [9.17, 15) is 9.59 Å². The molecule has 0 fully saturated rings. The van der Waals surface area contributed by atoms with E-state index in [2.05, 4.69) is 10.3 Å². The van der Waals surface area contributed by atoms with E-state index in [-0.39, 0.29) is 11.3 Å². The van der Waals surface area contributed by atoms with Crippen LogP contribution in [0, 0.1) is 0 Å². The lowest BCUT2D eigenvalue weighted by molar-refractivity contribution is 0.475. The van der Waals surface area contributed by atoms with E-state index in [1.165, 1.54) is 18.2 Å². The average molecular weight is 261 g/mol. The maximum absolute atomic E-state index is 11.8. The molecule has 0 aliphatic carbocycles. The number of benzene rings is 1. The highest BCUT2D eigenvalue weighted by atomic mass is 16.3. The topological polar surface area (TPSA) is 87.1 Å². The molecule has 3 N–H and O–H groups in total. The van der Waals surface area contributed by atoms with Gasteiger partial charge in [-0.05, 0) is 30.7 Å². The molecular formula is C13H15N3O3. The molecule has 0 saturated heterocycles. The Morgan fingerprint density at radius 3 is 2.53 bits per heavy atom. The smallest absolute Gasteiger partial charge is 0.329 e. The number of hydrogen-bond donors (Lipinski definition) is 3. The normalized spacial score (nSPS) is 10.4. The summed E-state index contributed by atoms with van der Waals surface area (Å²) in [5, 5.41) is 12.1. The second-order valence-electron chi connectivity index (χ2n) is 4.15. The van der Waals surface area contributed by atoms with Crippen molar-refractivity contribution in [3.05, 3.63) is 51.2 Å². The van der Waals surface area contributed by atoms with Crippen LogP contribution in [0.4, 0.5) is 11.5 Å². The van der Waals surface area contributed by atoms with E-state index < -0.39 is 5.69 Å². The van der Waals surface area contributed by atoms with Crippen LogP contribution < -0.4 is 16.6 Å². The average Bonchev–Trinajstić information content (AvgIpc) is 2.37. The first kappa shape index (κ1) is 12.9. The summed E-state index contributed by atoms with van der Waals surface area (Å²) >= 11 is 0. The van der Waals surface area contributed by atoms with Crippen molar-refractivity contribution >= 4 is 11.5 Å². The summed E-state index contributed by atoms with van der Waals surface area (Å²) in [6, 6.07) is 7.65. The van der Waals surface area contributed by atoms with Crippen molar-refractivity contribution in [2.45, 2.75) is 19.9 Å². The Morgan fingerprint density at radius 2 is 1.95 bits per heavy atom. The van der Waals surface area contributed by atoms with Gasteiger partial charge in [-0.15, -0.1) is 0 Å². The zero-order valence-electron chi connectivity index (χ0n) is 10.5. The van der Waals surface area contributed by atoms with E-state index in [1.54, 1.807) is 12.1 Å². The van der Waals surface area contributed by atoms with Gasteiger partial charge < -0.3 is 10.4 Å². The molecule has 0 amide bonds. The highest BCUT2D eigenvalue weighted by Crippen LogP contribution is 2.16. The van der Waals surface area contributed by atoms with Gasteiger partial charge in [-0.3, -0.25) is 14.3 Å². The number of phenols is 1. The third-order valence-electron chi connectivity index (χ3n) is 2.61. The predicted molar refractivity (Wildman–Crippen MR) is 73.0 cm³/mol. The van der Waals surface area contributed by atoms with Crippen LogP contribution in [0.1, 0.15) is 13.3 Å². The lowest BCUT2D eigenvalue weighted by Crippen LogP contribution is -2.34. The molecule has 1 heterocycles. The Labute approximate surface area is 109 Å². The Bertz CT molecular complexity index is 640. The molecule has 100 valence electrons. The van der Waals surface area contributed by atoms with E-state index in [0.717, 1.165) is 4.57 Å². The fourth-order valence-corrected chi connectivity index (χ4v) is 1.72. The molecule has 2 aromatic rings. The van der Waals surface area contributed by atoms with Crippen LogP contribution in [0.25, 0.3) is 0 Å². The van der Waals surface area contributed by atoms with E-state index in [4.69, 9.17) is 5.11 Å². The monoisotopic (exact) mass is 261 g/mol. The summed E-state index contributed by atoms with van der Waals surface area (Å²) in [6.45, 7) is 2.29. The molecule has 0 spiro atoms. The first-order valence-electron chi connectivity index (χ1n) is 6.00. The number of nitrogens with one attached hydrogen (secondary N) is 2. The maximum atomic E-state index is 11.8. The van der Waals surface area contributed by atoms with Crippen LogP contribution in [-0.2, 0) is 6.54 Å². The van der Waals surface area contributed by atoms with Gasteiger partial charge in [0.05, 0.1) is 0 Å².